The van der Waals surface area contributed by atoms with Crippen molar-refractivity contribution in [1.82, 2.24) is 0 Å². The van der Waals surface area contributed by atoms with E-state index in [0.717, 1.165) is 19.3 Å². The van der Waals surface area contributed by atoms with Gasteiger partial charge in [-0.1, -0.05) is 44.6 Å². The molecule has 2 nitrogen and oxygen atoms in total. The number of carbonyl (C=O) groups excluding carboxylic acids is 1. The summed E-state index contributed by atoms with van der Waals surface area (Å²) in [6, 6.07) is 0. The third-order valence-corrected chi connectivity index (χ3v) is 2.73. The normalized spacial score (nSPS) is 10.2. The van der Waals surface area contributed by atoms with Gasteiger partial charge < -0.3 is 4.74 Å². The van der Waals surface area contributed by atoms with E-state index in [1.165, 1.54) is 51.9 Å². The van der Waals surface area contributed by atoms with Crippen molar-refractivity contribution in [3.63, 3.8) is 0 Å². The zero-order chi connectivity index (χ0) is 12.8. The van der Waals surface area contributed by atoms with E-state index in [0.29, 0.717) is 0 Å². The molecule has 0 atom stereocenters. The summed E-state index contributed by atoms with van der Waals surface area (Å²) < 4.78 is 4.75. The third kappa shape index (κ3) is 15.2. The van der Waals surface area contributed by atoms with Crippen LogP contribution in [0.4, 0.5) is 0 Å². The first-order valence-electron chi connectivity index (χ1n) is 6.87. The molecule has 17 heavy (non-hydrogen) atoms. The van der Waals surface area contributed by atoms with E-state index in [-0.39, 0.29) is 5.97 Å². The maximum atomic E-state index is 10.5. The molecule has 0 N–H and O–H groups in total. The molecule has 0 aromatic carbocycles. The predicted molar refractivity (Wildman–Crippen MR) is 72.4 cm³/mol. The Bertz CT molecular complexity index is 187. The Morgan fingerprint density at radius 3 is 1.88 bits per heavy atom. The molecule has 0 rings (SSSR count). The topological polar surface area (TPSA) is 26.3 Å². The molecule has 99 valence electrons. The molecule has 0 amide bonds. The lowest BCUT2D eigenvalue weighted by atomic mass is 10.1. The number of esters is 1. The summed E-state index contributed by atoms with van der Waals surface area (Å²) in [5.74, 6) is -0.218. The van der Waals surface area contributed by atoms with Crippen LogP contribution in [0.15, 0.2) is 12.7 Å². The SMILES string of the molecule is C=CCCCCCCCCCC[CH]OC(C)=O. The highest BCUT2D eigenvalue weighted by atomic mass is 16.5. The van der Waals surface area contributed by atoms with Crippen molar-refractivity contribution in [3.05, 3.63) is 19.3 Å². The van der Waals surface area contributed by atoms with Crippen LogP contribution in [0.5, 0.6) is 0 Å². The van der Waals surface area contributed by atoms with Crippen LogP contribution in [0, 0.1) is 6.61 Å². The monoisotopic (exact) mass is 239 g/mol. The minimum atomic E-state index is -0.218. The van der Waals surface area contributed by atoms with Gasteiger partial charge in [0.2, 0.25) is 0 Å². The average Bonchev–Trinajstić information content (AvgIpc) is 2.30. The van der Waals surface area contributed by atoms with Crippen LogP contribution in [0.1, 0.15) is 71.1 Å². The summed E-state index contributed by atoms with van der Waals surface area (Å²) in [6.45, 7) is 6.78. The number of allylic oxidation sites excluding steroid dienone is 1. The Hall–Kier alpha value is -0.790. The van der Waals surface area contributed by atoms with Crippen LogP contribution in [0.3, 0.4) is 0 Å². The number of hydrogen-bond donors (Lipinski definition) is 0. The Labute approximate surface area is 106 Å². The summed E-state index contributed by atoms with van der Waals surface area (Å²) >= 11 is 0. The lowest BCUT2D eigenvalue weighted by molar-refractivity contribution is -0.137. The molecule has 0 fully saturated rings. The number of carbonyl (C=O) groups is 1. The highest BCUT2D eigenvalue weighted by Gasteiger charge is 1.95. The van der Waals surface area contributed by atoms with Gasteiger partial charge in [-0.2, -0.15) is 0 Å². The first-order valence-corrected chi connectivity index (χ1v) is 6.87. The van der Waals surface area contributed by atoms with E-state index in [2.05, 4.69) is 6.58 Å². The van der Waals surface area contributed by atoms with Crippen molar-refractivity contribution >= 4 is 5.97 Å². The van der Waals surface area contributed by atoms with Crippen LogP contribution >= 0.6 is 0 Å². The Kier molecular flexibility index (Phi) is 12.7. The van der Waals surface area contributed by atoms with Gasteiger partial charge in [-0.3, -0.25) is 4.79 Å². The molecule has 0 spiro atoms. The summed E-state index contributed by atoms with van der Waals surface area (Å²) in [5.41, 5.74) is 0. The number of hydrogen-bond acceptors (Lipinski definition) is 2. The molecule has 2 heteroatoms. The van der Waals surface area contributed by atoms with Crippen LogP contribution in [-0.4, -0.2) is 5.97 Å². The van der Waals surface area contributed by atoms with Gasteiger partial charge in [0.25, 0.3) is 0 Å². The second-order valence-electron chi connectivity index (χ2n) is 4.47. The second-order valence-corrected chi connectivity index (χ2v) is 4.47. The van der Waals surface area contributed by atoms with E-state index in [1.807, 2.05) is 6.08 Å². The zero-order valence-electron chi connectivity index (χ0n) is 11.2. The lowest BCUT2D eigenvalue weighted by Gasteiger charge is -2.02. The molecule has 1 radical (unpaired) electrons. The molecule has 0 aliphatic heterocycles. The molecule has 0 saturated carbocycles. The molecule has 0 aliphatic rings. The summed E-state index contributed by atoms with van der Waals surface area (Å²) in [7, 11) is 0. The number of ether oxygens (including phenoxy) is 1. The predicted octanol–water partition coefficient (Wildman–Crippen LogP) is 4.80. The number of rotatable bonds is 12. The van der Waals surface area contributed by atoms with Gasteiger partial charge in [0, 0.05) is 6.92 Å². The smallest absolute Gasteiger partial charge is 0.303 e. The lowest BCUT2D eigenvalue weighted by Crippen LogP contribution is -1.94. The van der Waals surface area contributed by atoms with Crippen LogP contribution < -0.4 is 0 Å². The first kappa shape index (κ1) is 16.2. The van der Waals surface area contributed by atoms with E-state index >= 15 is 0 Å². The highest BCUT2D eigenvalue weighted by Crippen LogP contribution is 2.11. The fourth-order valence-electron chi connectivity index (χ4n) is 1.75. The van der Waals surface area contributed by atoms with E-state index in [1.54, 1.807) is 6.61 Å². The summed E-state index contributed by atoms with van der Waals surface area (Å²) in [4.78, 5) is 10.5. The minimum Gasteiger partial charge on any atom is -0.459 e. The highest BCUT2D eigenvalue weighted by molar-refractivity contribution is 5.66. The first-order chi connectivity index (χ1) is 8.27. The Morgan fingerprint density at radius 2 is 1.41 bits per heavy atom. The van der Waals surface area contributed by atoms with Crippen molar-refractivity contribution in [2.75, 3.05) is 0 Å². The van der Waals surface area contributed by atoms with Crippen LogP contribution in [0.25, 0.3) is 0 Å². The zero-order valence-corrected chi connectivity index (χ0v) is 11.2. The molecule has 0 heterocycles. The van der Waals surface area contributed by atoms with Gasteiger partial charge in [-0.25, -0.2) is 0 Å². The van der Waals surface area contributed by atoms with E-state index < -0.39 is 0 Å². The van der Waals surface area contributed by atoms with Gasteiger partial charge in [0.1, 0.15) is 6.61 Å². The molecule has 0 aromatic rings. The van der Waals surface area contributed by atoms with Crippen molar-refractivity contribution in [1.29, 1.82) is 0 Å². The van der Waals surface area contributed by atoms with Gasteiger partial charge >= 0.3 is 5.97 Å². The molecule has 0 bridgehead atoms. The maximum absolute atomic E-state index is 10.5. The van der Waals surface area contributed by atoms with Gasteiger partial charge in [-0.15, -0.1) is 6.58 Å². The van der Waals surface area contributed by atoms with Crippen LogP contribution in [0.2, 0.25) is 0 Å². The molecular formula is C15H27O2. The second kappa shape index (κ2) is 13.3. The Morgan fingerprint density at radius 1 is 0.941 bits per heavy atom. The largest absolute Gasteiger partial charge is 0.459 e. The van der Waals surface area contributed by atoms with Crippen molar-refractivity contribution in [3.8, 4) is 0 Å². The van der Waals surface area contributed by atoms with Crippen molar-refractivity contribution in [2.45, 2.75) is 71.1 Å². The molecule has 0 saturated heterocycles. The quantitative estimate of drug-likeness (QED) is 0.278. The Balaban J connectivity index is 2.94. The fraction of sp³-hybridized carbons (Fsp3) is 0.733. The summed E-state index contributed by atoms with van der Waals surface area (Å²) in [6.07, 6.45) is 14.4. The van der Waals surface area contributed by atoms with E-state index in [4.69, 9.17) is 4.74 Å². The standard InChI is InChI=1S/C15H27O2/c1-3-4-5-6-7-8-9-10-11-12-13-14-17-15(2)16/h3,14H,1,4-13H2,2H3. The van der Waals surface area contributed by atoms with Crippen molar-refractivity contribution < 1.29 is 9.53 Å². The molecular weight excluding hydrogens is 212 g/mol. The molecule has 0 unspecified atom stereocenters. The fourth-order valence-corrected chi connectivity index (χ4v) is 1.75. The van der Waals surface area contributed by atoms with Gasteiger partial charge in [-0.05, 0) is 25.7 Å². The molecule has 0 aliphatic carbocycles. The minimum absolute atomic E-state index is 0.218. The van der Waals surface area contributed by atoms with E-state index in [9.17, 15) is 4.79 Å². The summed E-state index contributed by atoms with van der Waals surface area (Å²) in [5, 5.41) is 0. The molecule has 0 aromatic heterocycles. The third-order valence-electron chi connectivity index (χ3n) is 2.73. The van der Waals surface area contributed by atoms with Crippen LogP contribution in [-0.2, 0) is 9.53 Å². The van der Waals surface area contributed by atoms with Gasteiger partial charge in [0.15, 0.2) is 0 Å². The van der Waals surface area contributed by atoms with Gasteiger partial charge in [0.05, 0.1) is 0 Å². The maximum Gasteiger partial charge on any atom is 0.303 e. The number of unbranched alkanes of at least 4 members (excludes halogenated alkanes) is 9. The van der Waals surface area contributed by atoms with Crippen molar-refractivity contribution in [2.24, 2.45) is 0 Å². The average molecular weight is 239 g/mol.